The maximum Gasteiger partial charge on any atom is 0.347 e. The highest BCUT2D eigenvalue weighted by Crippen LogP contribution is 2.29. The van der Waals surface area contributed by atoms with Crippen molar-refractivity contribution in [2.24, 2.45) is 0 Å². The Bertz CT molecular complexity index is 613. The van der Waals surface area contributed by atoms with Crippen molar-refractivity contribution in [3.05, 3.63) is 57.5 Å². The summed E-state index contributed by atoms with van der Waals surface area (Å²) in [5.74, 6) is 0.387. The van der Waals surface area contributed by atoms with Crippen molar-refractivity contribution in [1.82, 2.24) is 0 Å². The standard InChI is InChI=1S/C14H10BrClO3/c1-18-12-5-3-2-4-10(12)14(17)19-13-7-6-9(16)8-11(13)15/h2-8H,1H3. The summed E-state index contributed by atoms with van der Waals surface area (Å²) in [5, 5.41) is 0.559. The van der Waals surface area contributed by atoms with E-state index >= 15 is 0 Å². The van der Waals surface area contributed by atoms with Crippen LogP contribution >= 0.6 is 27.5 Å². The van der Waals surface area contributed by atoms with Gasteiger partial charge in [-0.15, -0.1) is 0 Å². The fourth-order valence-corrected chi connectivity index (χ4v) is 2.29. The quantitative estimate of drug-likeness (QED) is 0.616. The van der Waals surface area contributed by atoms with Crippen molar-refractivity contribution < 1.29 is 14.3 Å². The van der Waals surface area contributed by atoms with Crippen LogP contribution in [0.3, 0.4) is 0 Å². The Balaban J connectivity index is 2.26. The van der Waals surface area contributed by atoms with Gasteiger partial charge in [-0.05, 0) is 46.3 Å². The Morgan fingerprint density at radius 2 is 1.89 bits per heavy atom. The second-order valence-corrected chi connectivity index (χ2v) is 4.96. The van der Waals surface area contributed by atoms with Gasteiger partial charge in [-0.2, -0.15) is 0 Å². The molecule has 0 amide bonds. The number of hydrogen-bond donors (Lipinski definition) is 0. The Labute approximate surface area is 124 Å². The molecule has 19 heavy (non-hydrogen) atoms. The van der Waals surface area contributed by atoms with Crippen molar-refractivity contribution >= 4 is 33.5 Å². The van der Waals surface area contributed by atoms with Gasteiger partial charge < -0.3 is 9.47 Å². The third-order valence-electron chi connectivity index (χ3n) is 2.42. The van der Waals surface area contributed by atoms with Crippen LogP contribution in [0.4, 0.5) is 0 Å². The molecular weight excluding hydrogens is 332 g/mol. The molecule has 0 heterocycles. The molecule has 0 radical (unpaired) electrons. The molecule has 0 aliphatic heterocycles. The molecule has 2 aromatic rings. The molecule has 0 aromatic heterocycles. The number of esters is 1. The summed E-state index contributed by atoms with van der Waals surface area (Å²) in [7, 11) is 1.50. The van der Waals surface area contributed by atoms with Gasteiger partial charge in [-0.3, -0.25) is 0 Å². The van der Waals surface area contributed by atoms with Gasteiger partial charge in [0.2, 0.25) is 0 Å². The minimum atomic E-state index is -0.486. The molecule has 2 aromatic carbocycles. The second-order valence-electron chi connectivity index (χ2n) is 3.66. The summed E-state index contributed by atoms with van der Waals surface area (Å²) < 4.78 is 11.0. The Morgan fingerprint density at radius 3 is 2.58 bits per heavy atom. The number of benzene rings is 2. The van der Waals surface area contributed by atoms with Crippen LogP contribution in [0, 0.1) is 0 Å². The Kier molecular flexibility index (Phi) is 4.45. The topological polar surface area (TPSA) is 35.5 Å². The van der Waals surface area contributed by atoms with E-state index in [0.717, 1.165) is 0 Å². The molecule has 5 heteroatoms. The maximum atomic E-state index is 12.1. The highest BCUT2D eigenvalue weighted by molar-refractivity contribution is 9.10. The molecule has 0 unspecified atom stereocenters. The third kappa shape index (κ3) is 3.28. The lowest BCUT2D eigenvalue weighted by Crippen LogP contribution is -2.10. The van der Waals surface area contributed by atoms with E-state index in [-0.39, 0.29) is 0 Å². The maximum absolute atomic E-state index is 12.1. The van der Waals surface area contributed by atoms with Crippen LogP contribution in [-0.2, 0) is 0 Å². The second kappa shape index (κ2) is 6.08. The van der Waals surface area contributed by atoms with Crippen molar-refractivity contribution in [2.75, 3.05) is 7.11 Å². The molecule has 0 saturated heterocycles. The van der Waals surface area contributed by atoms with Gasteiger partial charge in [0, 0.05) is 5.02 Å². The van der Waals surface area contributed by atoms with Gasteiger partial charge in [0.05, 0.1) is 11.6 Å². The summed E-state index contributed by atoms with van der Waals surface area (Å²) in [6.45, 7) is 0. The number of carbonyl (C=O) groups is 1. The number of ether oxygens (including phenoxy) is 2. The monoisotopic (exact) mass is 340 g/mol. The zero-order valence-electron chi connectivity index (χ0n) is 10.0. The molecule has 0 bridgehead atoms. The van der Waals surface area contributed by atoms with Gasteiger partial charge >= 0.3 is 5.97 Å². The first-order valence-electron chi connectivity index (χ1n) is 5.42. The first-order valence-corrected chi connectivity index (χ1v) is 6.59. The number of methoxy groups -OCH3 is 1. The predicted octanol–water partition coefficient (Wildman–Crippen LogP) is 4.33. The molecule has 0 aliphatic carbocycles. The van der Waals surface area contributed by atoms with E-state index in [1.807, 2.05) is 0 Å². The first-order chi connectivity index (χ1) is 9.11. The number of hydrogen-bond acceptors (Lipinski definition) is 3. The predicted molar refractivity (Wildman–Crippen MR) is 77.1 cm³/mol. The van der Waals surface area contributed by atoms with Crippen molar-refractivity contribution in [3.8, 4) is 11.5 Å². The highest BCUT2D eigenvalue weighted by atomic mass is 79.9. The van der Waals surface area contributed by atoms with Gasteiger partial charge in [0.1, 0.15) is 17.1 Å². The summed E-state index contributed by atoms with van der Waals surface area (Å²) >= 11 is 9.12. The van der Waals surface area contributed by atoms with Crippen LogP contribution in [0.5, 0.6) is 11.5 Å². The zero-order chi connectivity index (χ0) is 13.8. The minimum absolute atomic E-state index is 0.367. The number of halogens is 2. The molecule has 0 spiro atoms. The largest absolute Gasteiger partial charge is 0.496 e. The SMILES string of the molecule is COc1ccccc1C(=O)Oc1ccc(Cl)cc1Br. The molecule has 3 nitrogen and oxygen atoms in total. The summed E-state index contributed by atoms with van der Waals surface area (Å²) in [6.07, 6.45) is 0. The van der Waals surface area contributed by atoms with Crippen LogP contribution in [0.2, 0.25) is 5.02 Å². The van der Waals surface area contributed by atoms with E-state index < -0.39 is 5.97 Å². The van der Waals surface area contributed by atoms with Crippen LogP contribution < -0.4 is 9.47 Å². The van der Waals surface area contributed by atoms with Crippen molar-refractivity contribution in [3.63, 3.8) is 0 Å². The van der Waals surface area contributed by atoms with Crippen LogP contribution in [-0.4, -0.2) is 13.1 Å². The van der Waals surface area contributed by atoms with Crippen LogP contribution in [0.1, 0.15) is 10.4 Å². The molecule has 98 valence electrons. The lowest BCUT2D eigenvalue weighted by atomic mass is 10.2. The van der Waals surface area contributed by atoms with Gasteiger partial charge in [-0.25, -0.2) is 4.79 Å². The highest BCUT2D eigenvalue weighted by Gasteiger charge is 2.15. The molecule has 0 saturated carbocycles. The number of para-hydroxylation sites is 1. The first kappa shape index (κ1) is 13.9. The lowest BCUT2D eigenvalue weighted by Gasteiger charge is -2.09. The zero-order valence-corrected chi connectivity index (χ0v) is 12.4. The van der Waals surface area contributed by atoms with E-state index in [2.05, 4.69) is 15.9 Å². The van der Waals surface area contributed by atoms with E-state index in [4.69, 9.17) is 21.1 Å². The van der Waals surface area contributed by atoms with Gasteiger partial charge in [0.15, 0.2) is 0 Å². The molecule has 0 atom stereocenters. The van der Waals surface area contributed by atoms with E-state index in [1.54, 1.807) is 42.5 Å². The van der Waals surface area contributed by atoms with Crippen molar-refractivity contribution in [2.45, 2.75) is 0 Å². The van der Waals surface area contributed by atoms with Crippen LogP contribution in [0.15, 0.2) is 46.9 Å². The van der Waals surface area contributed by atoms with Crippen molar-refractivity contribution in [1.29, 1.82) is 0 Å². The molecule has 0 N–H and O–H groups in total. The average molecular weight is 342 g/mol. The molecule has 0 fully saturated rings. The van der Waals surface area contributed by atoms with E-state index in [1.165, 1.54) is 7.11 Å². The third-order valence-corrected chi connectivity index (χ3v) is 3.28. The van der Waals surface area contributed by atoms with Gasteiger partial charge in [0.25, 0.3) is 0 Å². The molecule has 0 aliphatic rings. The summed E-state index contributed by atoms with van der Waals surface area (Å²) in [4.78, 5) is 12.1. The normalized spacial score (nSPS) is 10.1. The molecular formula is C14H10BrClO3. The summed E-state index contributed by atoms with van der Waals surface area (Å²) in [5.41, 5.74) is 0.367. The Morgan fingerprint density at radius 1 is 1.16 bits per heavy atom. The number of rotatable bonds is 3. The average Bonchev–Trinajstić information content (AvgIpc) is 2.41. The Hall–Kier alpha value is -1.52. The summed E-state index contributed by atoms with van der Waals surface area (Å²) in [6, 6.07) is 11.8. The fourth-order valence-electron chi connectivity index (χ4n) is 1.53. The fraction of sp³-hybridized carbons (Fsp3) is 0.0714. The van der Waals surface area contributed by atoms with Gasteiger partial charge in [-0.1, -0.05) is 23.7 Å². The lowest BCUT2D eigenvalue weighted by molar-refractivity contribution is 0.0730. The molecule has 2 rings (SSSR count). The smallest absolute Gasteiger partial charge is 0.347 e. The van der Waals surface area contributed by atoms with E-state index in [9.17, 15) is 4.79 Å². The number of carbonyl (C=O) groups excluding carboxylic acids is 1. The minimum Gasteiger partial charge on any atom is -0.496 e. The van der Waals surface area contributed by atoms with Crippen LogP contribution in [0.25, 0.3) is 0 Å². The van der Waals surface area contributed by atoms with E-state index in [0.29, 0.717) is 26.6 Å².